The first-order chi connectivity index (χ1) is 13.9. The number of hydrogen-bond donors (Lipinski definition) is 0. The highest BCUT2D eigenvalue weighted by Crippen LogP contribution is 2.28. The van der Waals surface area contributed by atoms with Crippen molar-refractivity contribution in [1.82, 2.24) is 14.2 Å². The summed E-state index contributed by atoms with van der Waals surface area (Å²) in [6.07, 6.45) is 1.71. The van der Waals surface area contributed by atoms with Gasteiger partial charge in [0.25, 0.3) is 0 Å². The molecule has 3 rings (SSSR count). The van der Waals surface area contributed by atoms with Crippen molar-refractivity contribution in [2.24, 2.45) is 0 Å². The largest absolute Gasteiger partial charge is 0.461 e. The number of carbonyl (C=O) groups excluding carboxylic acids is 2. The van der Waals surface area contributed by atoms with Gasteiger partial charge in [0.15, 0.2) is 0 Å². The molecule has 0 aliphatic rings. The predicted octanol–water partition coefficient (Wildman–Crippen LogP) is 2.53. The van der Waals surface area contributed by atoms with E-state index in [1.165, 1.54) is 0 Å². The normalized spacial score (nSPS) is 11.5. The molecule has 0 aliphatic heterocycles. The monoisotopic (exact) mass is 397 g/mol. The highest BCUT2D eigenvalue weighted by molar-refractivity contribution is 6.12. The first-order valence-electron chi connectivity index (χ1n) is 9.55. The summed E-state index contributed by atoms with van der Waals surface area (Å²) < 4.78 is 12.7. The zero-order chi connectivity index (χ0) is 21.0. The van der Waals surface area contributed by atoms with Gasteiger partial charge in [-0.05, 0) is 46.4 Å². The molecule has 0 unspecified atom stereocenters. The van der Waals surface area contributed by atoms with E-state index in [2.05, 4.69) is 0 Å². The van der Waals surface area contributed by atoms with Crippen LogP contribution < -0.4 is 0 Å². The molecule has 154 valence electrons. The van der Waals surface area contributed by atoms with Gasteiger partial charge >= 0.3 is 11.9 Å². The van der Waals surface area contributed by atoms with Crippen LogP contribution in [0.5, 0.6) is 0 Å². The van der Waals surface area contributed by atoms with E-state index >= 15 is 0 Å². The van der Waals surface area contributed by atoms with Gasteiger partial charge in [-0.3, -0.25) is 0 Å². The molecule has 7 heteroatoms. The van der Waals surface area contributed by atoms with Crippen LogP contribution in [0.1, 0.15) is 20.7 Å². The van der Waals surface area contributed by atoms with E-state index in [9.17, 15) is 9.59 Å². The van der Waals surface area contributed by atoms with Crippen molar-refractivity contribution < 1.29 is 19.1 Å². The lowest BCUT2D eigenvalue weighted by Crippen LogP contribution is -2.20. The second kappa shape index (κ2) is 9.07. The Morgan fingerprint density at radius 2 is 1.45 bits per heavy atom. The summed E-state index contributed by atoms with van der Waals surface area (Å²) in [7, 11) is 7.70. The SMILES string of the molecule is CN(C)CCOC(=O)c1ccc2c(C(=O)OCCN(C)C)c3ccccc3n2c1. The third kappa shape index (κ3) is 4.75. The molecule has 2 heterocycles. The van der Waals surface area contributed by atoms with E-state index < -0.39 is 0 Å². The molecule has 0 atom stereocenters. The highest BCUT2D eigenvalue weighted by Gasteiger charge is 2.20. The molecule has 7 nitrogen and oxygen atoms in total. The van der Waals surface area contributed by atoms with E-state index in [0.717, 1.165) is 10.9 Å². The van der Waals surface area contributed by atoms with E-state index in [1.807, 2.05) is 66.7 Å². The summed E-state index contributed by atoms with van der Waals surface area (Å²) in [5, 5.41) is 0.792. The minimum Gasteiger partial charge on any atom is -0.461 e. The van der Waals surface area contributed by atoms with Crippen LogP contribution in [0.25, 0.3) is 16.4 Å². The van der Waals surface area contributed by atoms with Crippen LogP contribution in [0.3, 0.4) is 0 Å². The minimum atomic E-state index is -0.387. The zero-order valence-corrected chi connectivity index (χ0v) is 17.3. The van der Waals surface area contributed by atoms with E-state index in [4.69, 9.17) is 9.47 Å². The highest BCUT2D eigenvalue weighted by atomic mass is 16.5. The molecule has 29 heavy (non-hydrogen) atoms. The predicted molar refractivity (Wildman–Crippen MR) is 113 cm³/mol. The quantitative estimate of drug-likeness (QED) is 0.545. The molecule has 0 radical (unpaired) electrons. The molecule has 0 N–H and O–H groups in total. The zero-order valence-electron chi connectivity index (χ0n) is 17.3. The standard InChI is InChI=1S/C22H27N3O4/c1-23(2)11-13-28-21(26)16-9-10-19-20(22(27)29-14-12-24(3)4)17-7-5-6-8-18(17)25(19)15-16/h5-10,15H,11-14H2,1-4H3. The lowest BCUT2D eigenvalue weighted by molar-refractivity contribution is 0.0475. The van der Waals surface area contributed by atoms with Gasteiger partial charge in [0, 0.05) is 24.7 Å². The van der Waals surface area contributed by atoms with Crippen LogP contribution in [-0.2, 0) is 9.47 Å². The van der Waals surface area contributed by atoms with Crippen LogP contribution in [0, 0.1) is 0 Å². The topological polar surface area (TPSA) is 63.5 Å². The number of esters is 2. The smallest absolute Gasteiger partial charge is 0.341 e. The average molecular weight is 397 g/mol. The summed E-state index contributed by atoms with van der Waals surface area (Å²) >= 11 is 0. The van der Waals surface area contributed by atoms with Gasteiger partial charge in [-0.2, -0.15) is 0 Å². The lowest BCUT2D eigenvalue weighted by Gasteiger charge is -2.10. The number of rotatable bonds is 8. The van der Waals surface area contributed by atoms with Gasteiger partial charge in [-0.25, -0.2) is 9.59 Å². The fourth-order valence-electron chi connectivity index (χ4n) is 3.07. The molecule has 0 saturated heterocycles. The molecule has 0 aliphatic carbocycles. The van der Waals surface area contributed by atoms with Gasteiger partial charge in [-0.15, -0.1) is 0 Å². The van der Waals surface area contributed by atoms with Crippen molar-refractivity contribution in [3.05, 3.63) is 53.7 Å². The summed E-state index contributed by atoms with van der Waals surface area (Å²) in [6, 6.07) is 11.0. The second-order valence-electron chi connectivity index (χ2n) is 7.44. The molecule has 0 spiro atoms. The van der Waals surface area contributed by atoms with Crippen molar-refractivity contribution >= 4 is 28.4 Å². The van der Waals surface area contributed by atoms with Crippen molar-refractivity contribution in [2.75, 3.05) is 54.5 Å². The van der Waals surface area contributed by atoms with E-state index in [0.29, 0.717) is 42.9 Å². The van der Waals surface area contributed by atoms with Crippen molar-refractivity contribution in [3.63, 3.8) is 0 Å². The van der Waals surface area contributed by atoms with Crippen LogP contribution in [-0.4, -0.2) is 80.6 Å². The number of nitrogens with zero attached hydrogens (tertiary/aromatic N) is 3. The Bertz CT molecular complexity index is 1020. The summed E-state index contributed by atoms with van der Waals surface area (Å²) in [5.74, 6) is -0.756. The van der Waals surface area contributed by atoms with Gasteiger partial charge < -0.3 is 23.7 Å². The molecule has 2 aromatic heterocycles. The third-order valence-corrected chi connectivity index (χ3v) is 4.62. The Morgan fingerprint density at radius 3 is 2.10 bits per heavy atom. The second-order valence-corrected chi connectivity index (χ2v) is 7.44. The molecule has 1 aromatic carbocycles. The maximum atomic E-state index is 12.8. The van der Waals surface area contributed by atoms with Gasteiger partial charge in [0.1, 0.15) is 13.2 Å². The van der Waals surface area contributed by atoms with Crippen molar-refractivity contribution in [1.29, 1.82) is 0 Å². The van der Waals surface area contributed by atoms with Crippen LogP contribution in [0.4, 0.5) is 0 Å². The number of benzene rings is 1. The Hall–Kier alpha value is -2.90. The summed E-state index contributed by atoms with van der Waals surface area (Å²) in [5.41, 5.74) is 2.48. The fraction of sp³-hybridized carbons (Fsp3) is 0.364. The maximum absolute atomic E-state index is 12.8. The number of para-hydroxylation sites is 1. The van der Waals surface area contributed by atoms with Crippen LogP contribution in [0.2, 0.25) is 0 Å². The van der Waals surface area contributed by atoms with Crippen LogP contribution >= 0.6 is 0 Å². The van der Waals surface area contributed by atoms with Crippen LogP contribution in [0.15, 0.2) is 42.6 Å². The molecular weight excluding hydrogens is 370 g/mol. The van der Waals surface area contributed by atoms with E-state index in [-0.39, 0.29) is 11.9 Å². The lowest BCUT2D eigenvalue weighted by atomic mass is 10.1. The first kappa shape index (κ1) is 20.8. The number of ether oxygens (including phenoxy) is 2. The minimum absolute atomic E-state index is 0.313. The summed E-state index contributed by atoms with van der Waals surface area (Å²) in [6.45, 7) is 1.94. The Labute approximate surface area is 170 Å². The molecule has 0 amide bonds. The molecular formula is C22H27N3O4. The van der Waals surface area contributed by atoms with Crippen molar-refractivity contribution in [2.45, 2.75) is 0 Å². The Morgan fingerprint density at radius 1 is 0.828 bits per heavy atom. The Kier molecular flexibility index (Phi) is 6.51. The number of pyridine rings is 1. The van der Waals surface area contributed by atoms with E-state index in [1.54, 1.807) is 18.3 Å². The average Bonchev–Trinajstić information content (AvgIpc) is 3.01. The molecule has 0 fully saturated rings. The maximum Gasteiger partial charge on any atom is 0.341 e. The number of carbonyl (C=O) groups is 2. The Balaban J connectivity index is 1.94. The molecule has 0 saturated carbocycles. The first-order valence-corrected chi connectivity index (χ1v) is 9.55. The molecule has 0 bridgehead atoms. The van der Waals surface area contributed by atoms with Gasteiger partial charge in [0.05, 0.1) is 22.2 Å². The van der Waals surface area contributed by atoms with Gasteiger partial charge in [-0.1, -0.05) is 18.2 Å². The summed E-state index contributed by atoms with van der Waals surface area (Å²) in [4.78, 5) is 29.1. The number of hydrogen-bond acceptors (Lipinski definition) is 6. The third-order valence-electron chi connectivity index (χ3n) is 4.62. The molecule has 3 aromatic rings. The fourth-order valence-corrected chi connectivity index (χ4v) is 3.07. The van der Waals surface area contributed by atoms with Crippen molar-refractivity contribution in [3.8, 4) is 0 Å². The number of fused-ring (bicyclic) bond motifs is 3. The number of likely N-dealkylation sites (N-methyl/N-ethyl adjacent to an activating group) is 2. The number of aromatic nitrogens is 1. The van der Waals surface area contributed by atoms with Gasteiger partial charge in [0.2, 0.25) is 0 Å².